The highest BCUT2D eigenvalue weighted by atomic mass is 35.5. The number of benzene rings is 2. The van der Waals surface area contributed by atoms with E-state index in [0.29, 0.717) is 10.6 Å². The molecule has 0 atom stereocenters. The van der Waals surface area contributed by atoms with Gasteiger partial charge in [0.05, 0.1) is 5.69 Å². The Hall–Kier alpha value is -2.06. The van der Waals surface area contributed by atoms with E-state index in [1.54, 1.807) is 0 Å². The normalized spacial score (nSPS) is 10.9. The van der Waals surface area contributed by atoms with Crippen LogP contribution in [0.3, 0.4) is 0 Å². The fraction of sp³-hybridized carbons (Fsp3) is 0.118. The highest BCUT2D eigenvalue weighted by molar-refractivity contribution is 6.33. The van der Waals surface area contributed by atoms with Crippen molar-refractivity contribution in [2.45, 2.75) is 13.8 Å². The molecular weight excluding hydrogens is 270 g/mol. The van der Waals surface area contributed by atoms with E-state index in [4.69, 9.17) is 11.6 Å². The zero-order chi connectivity index (χ0) is 14.3. The number of aromatic nitrogens is 1. The molecule has 0 bridgehead atoms. The summed E-state index contributed by atoms with van der Waals surface area (Å²) in [7, 11) is 0. The van der Waals surface area contributed by atoms with Crippen molar-refractivity contribution < 1.29 is 4.79 Å². The first kappa shape index (κ1) is 12.9. The zero-order valence-electron chi connectivity index (χ0n) is 11.3. The Kier molecular flexibility index (Phi) is 3.11. The van der Waals surface area contributed by atoms with Gasteiger partial charge in [0.25, 0.3) is 0 Å². The average molecular weight is 284 g/mol. The number of carbonyl (C=O) groups excluding carboxylic acids is 1. The summed E-state index contributed by atoms with van der Waals surface area (Å²) in [6.45, 7) is 4.07. The van der Waals surface area contributed by atoms with Crippen molar-refractivity contribution in [2.75, 3.05) is 0 Å². The largest absolute Gasteiger partial charge is 0.354 e. The molecule has 0 radical (unpaired) electrons. The molecule has 0 saturated heterocycles. The predicted molar refractivity (Wildman–Crippen MR) is 83.6 cm³/mol. The summed E-state index contributed by atoms with van der Waals surface area (Å²) in [5, 5.41) is 1.59. The molecule has 0 amide bonds. The first-order chi connectivity index (χ1) is 9.61. The van der Waals surface area contributed by atoms with Crippen molar-refractivity contribution in [1.29, 1.82) is 0 Å². The highest BCUT2D eigenvalue weighted by Crippen LogP contribution is 2.34. The quantitative estimate of drug-likeness (QED) is 0.666. The Labute approximate surface area is 122 Å². The van der Waals surface area contributed by atoms with Crippen molar-refractivity contribution in [3.63, 3.8) is 0 Å². The van der Waals surface area contributed by atoms with Crippen LogP contribution in [-0.2, 0) is 0 Å². The number of carbonyl (C=O) groups is 1. The van der Waals surface area contributed by atoms with Crippen LogP contribution in [0.15, 0.2) is 36.4 Å². The molecule has 20 heavy (non-hydrogen) atoms. The van der Waals surface area contributed by atoms with Crippen LogP contribution in [0.4, 0.5) is 0 Å². The first-order valence-corrected chi connectivity index (χ1v) is 6.82. The molecule has 0 aliphatic heterocycles. The number of hydrogen-bond donors (Lipinski definition) is 1. The van der Waals surface area contributed by atoms with E-state index < -0.39 is 0 Å². The van der Waals surface area contributed by atoms with Gasteiger partial charge < -0.3 is 4.98 Å². The number of nitrogens with one attached hydrogen (secondary N) is 1. The lowest BCUT2D eigenvalue weighted by Crippen LogP contribution is -1.85. The molecule has 0 saturated carbocycles. The summed E-state index contributed by atoms with van der Waals surface area (Å²) in [5.74, 6) is 0. The first-order valence-electron chi connectivity index (χ1n) is 6.45. The second-order valence-electron chi connectivity index (χ2n) is 5.02. The van der Waals surface area contributed by atoms with E-state index in [0.717, 1.165) is 39.6 Å². The molecule has 1 N–H and O–H groups in total. The molecule has 0 spiro atoms. The molecule has 0 unspecified atom stereocenters. The molecule has 3 aromatic rings. The van der Waals surface area contributed by atoms with Crippen molar-refractivity contribution in [1.82, 2.24) is 4.98 Å². The fourth-order valence-corrected chi connectivity index (χ4v) is 2.90. The number of hydrogen-bond acceptors (Lipinski definition) is 1. The molecule has 2 nitrogen and oxygen atoms in total. The van der Waals surface area contributed by atoms with E-state index in [2.05, 4.69) is 11.1 Å². The van der Waals surface area contributed by atoms with E-state index >= 15 is 0 Å². The minimum atomic E-state index is 0.636. The maximum Gasteiger partial charge on any atom is 0.152 e. The maximum atomic E-state index is 11.5. The molecule has 0 aliphatic carbocycles. The minimum absolute atomic E-state index is 0.636. The lowest BCUT2D eigenvalue weighted by atomic mass is 10.0. The molecule has 3 rings (SSSR count). The second kappa shape index (κ2) is 4.80. The number of rotatable bonds is 2. The van der Waals surface area contributed by atoms with Gasteiger partial charge in [0.15, 0.2) is 6.29 Å². The molecule has 100 valence electrons. The number of aldehydes is 1. The van der Waals surface area contributed by atoms with Crippen LogP contribution < -0.4 is 0 Å². The summed E-state index contributed by atoms with van der Waals surface area (Å²) in [5.41, 5.74) is 5.57. The summed E-state index contributed by atoms with van der Waals surface area (Å²) in [6, 6.07) is 11.7. The van der Waals surface area contributed by atoms with Crippen molar-refractivity contribution >= 4 is 28.8 Å². The number of halogens is 1. The zero-order valence-corrected chi connectivity index (χ0v) is 12.1. The number of H-pyrrole nitrogens is 1. The van der Waals surface area contributed by atoms with Gasteiger partial charge in [-0.05, 0) is 31.5 Å². The summed E-state index contributed by atoms with van der Waals surface area (Å²) >= 11 is 6.25. The van der Waals surface area contributed by atoms with Crippen LogP contribution in [0, 0.1) is 13.8 Å². The third-order valence-electron chi connectivity index (χ3n) is 3.55. The van der Waals surface area contributed by atoms with Gasteiger partial charge in [-0.1, -0.05) is 41.4 Å². The Morgan fingerprint density at radius 3 is 2.60 bits per heavy atom. The van der Waals surface area contributed by atoms with Gasteiger partial charge in [0, 0.05) is 27.1 Å². The molecule has 1 aromatic heterocycles. The van der Waals surface area contributed by atoms with Gasteiger partial charge in [-0.3, -0.25) is 4.79 Å². The topological polar surface area (TPSA) is 32.9 Å². The van der Waals surface area contributed by atoms with E-state index in [1.165, 1.54) is 0 Å². The van der Waals surface area contributed by atoms with Crippen LogP contribution in [0.5, 0.6) is 0 Å². The Balaban J connectivity index is 2.40. The predicted octanol–water partition coefficient (Wildman–Crippen LogP) is 4.92. The van der Waals surface area contributed by atoms with Crippen molar-refractivity contribution in [3.05, 3.63) is 58.1 Å². The third-order valence-corrected chi connectivity index (χ3v) is 3.88. The van der Waals surface area contributed by atoms with Gasteiger partial charge in [0.2, 0.25) is 0 Å². The van der Waals surface area contributed by atoms with Crippen LogP contribution >= 0.6 is 11.6 Å². The van der Waals surface area contributed by atoms with Crippen LogP contribution in [0.2, 0.25) is 5.02 Å². The average Bonchev–Trinajstić information content (AvgIpc) is 2.77. The lowest BCUT2D eigenvalue weighted by molar-refractivity contribution is 0.112. The van der Waals surface area contributed by atoms with E-state index in [9.17, 15) is 4.79 Å². The monoisotopic (exact) mass is 283 g/mol. The lowest BCUT2D eigenvalue weighted by Gasteiger charge is -2.02. The number of fused-ring (bicyclic) bond motifs is 1. The standard InChI is InChI=1S/C17H14ClNO/c1-10-7-11(2)16-13(8-10)14(9-20)17(19-16)12-5-3-4-6-15(12)18/h3-9,19H,1-2H3. The second-order valence-corrected chi connectivity index (χ2v) is 5.42. The fourth-order valence-electron chi connectivity index (χ4n) is 2.67. The molecule has 0 aliphatic rings. The SMILES string of the molecule is Cc1cc(C)c2[nH]c(-c3ccccc3Cl)c(C=O)c2c1. The third kappa shape index (κ3) is 1.93. The maximum absolute atomic E-state index is 11.5. The van der Waals surface area contributed by atoms with Gasteiger partial charge in [-0.15, -0.1) is 0 Å². The summed E-state index contributed by atoms with van der Waals surface area (Å²) < 4.78 is 0. The minimum Gasteiger partial charge on any atom is -0.354 e. The molecular formula is C17H14ClNO. The van der Waals surface area contributed by atoms with Crippen molar-refractivity contribution in [3.8, 4) is 11.3 Å². The molecule has 1 heterocycles. The van der Waals surface area contributed by atoms with Crippen LogP contribution in [0.25, 0.3) is 22.2 Å². The highest BCUT2D eigenvalue weighted by Gasteiger charge is 2.15. The molecule has 0 fully saturated rings. The summed E-state index contributed by atoms with van der Waals surface area (Å²) in [4.78, 5) is 14.9. The van der Waals surface area contributed by atoms with E-state index in [1.807, 2.05) is 44.2 Å². The van der Waals surface area contributed by atoms with Crippen LogP contribution in [0.1, 0.15) is 21.5 Å². The van der Waals surface area contributed by atoms with E-state index in [-0.39, 0.29) is 0 Å². The Morgan fingerprint density at radius 2 is 1.90 bits per heavy atom. The smallest absolute Gasteiger partial charge is 0.152 e. The summed E-state index contributed by atoms with van der Waals surface area (Å²) in [6.07, 6.45) is 0.899. The van der Waals surface area contributed by atoms with Gasteiger partial charge >= 0.3 is 0 Å². The Bertz CT molecular complexity index is 817. The molecule has 2 aromatic carbocycles. The van der Waals surface area contributed by atoms with Gasteiger partial charge in [-0.25, -0.2) is 0 Å². The van der Waals surface area contributed by atoms with Gasteiger partial charge in [0.1, 0.15) is 0 Å². The van der Waals surface area contributed by atoms with Crippen LogP contribution in [-0.4, -0.2) is 11.3 Å². The molecule has 3 heteroatoms. The number of aryl methyl sites for hydroxylation is 2. The van der Waals surface area contributed by atoms with Crippen molar-refractivity contribution in [2.24, 2.45) is 0 Å². The Morgan fingerprint density at radius 1 is 1.15 bits per heavy atom. The van der Waals surface area contributed by atoms with Gasteiger partial charge in [-0.2, -0.15) is 0 Å². The number of aromatic amines is 1.